The highest BCUT2D eigenvalue weighted by atomic mass is 32.2. The molecule has 1 aliphatic heterocycles. The third-order valence-electron chi connectivity index (χ3n) is 4.82. The van der Waals surface area contributed by atoms with Crippen molar-refractivity contribution >= 4 is 16.2 Å². The molecule has 2 heterocycles. The number of aromatic nitrogens is 1. The van der Waals surface area contributed by atoms with Gasteiger partial charge in [-0.2, -0.15) is 17.0 Å². The predicted molar refractivity (Wildman–Crippen MR) is 103 cm³/mol. The van der Waals surface area contributed by atoms with Crippen LogP contribution in [0.15, 0.2) is 42.6 Å². The first-order valence-corrected chi connectivity index (χ1v) is 10.2. The zero-order valence-corrected chi connectivity index (χ0v) is 16.2. The summed E-state index contributed by atoms with van der Waals surface area (Å²) in [6, 6.07) is 10.5. The molecule has 0 amide bonds. The van der Waals surface area contributed by atoms with Crippen LogP contribution in [-0.2, 0) is 10.2 Å². The van der Waals surface area contributed by atoms with Crippen LogP contribution >= 0.6 is 0 Å². The summed E-state index contributed by atoms with van der Waals surface area (Å²) in [7, 11) is -0.344. The van der Waals surface area contributed by atoms with Crippen molar-refractivity contribution in [2.24, 2.45) is 0 Å². The largest absolute Gasteiger partial charge is 0.478 e. The van der Waals surface area contributed by atoms with E-state index in [4.69, 9.17) is 5.11 Å². The van der Waals surface area contributed by atoms with Crippen molar-refractivity contribution in [2.75, 3.05) is 27.2 Å². The van der Waals surface area contributed by atoms with Crippen LogP contribution in [0.5, 0.6) is 0 Å². The lowest BCUT2D eigenvalue weighted by atomic mass is 9.95. The number of carbonyl (C=O) groups is 1. The number of piperidine rings is 1. The smallest absolute Gasteiger partial charge is 0.335 e. The average Bonchev–Trinajstić information content (AvgIpc) is 2.68. The monoisotopic (exact) mass is 389 g/mol. The van der Waals surface area contributed by atoms with Gasteiger partial charge in [-0.1, -0.05) is 18.2 Å². The van der Waals surface area contributed by atoms with E-state index in [0.29, 0.717) is 13.1 Å². The van der Waals surface area contributed by atoms with E-state index in [1.807, 2.05) is 18.2 Å². The standard InChI is InChI=1S/C19H23N3O4S/c1-21(2)27(25,26)22-10-4-7-17(13-22)18-9-8-16(12-20-18)14-5-3-6-15(11-14)19(23)24/h3,5-6,8-9,11-12,17H,4,7,10,13H2,1-2H3,(H,23,24)/t17-/m0/s1. The molecular formula is C19H23N3O4S. The zero-order chi connectivity index (χ0) is 19.6. The molecule has 3 rings (SSSR count). The predicted octanol–water partition coefficient (Wildman–Crippen LogP) is 2.43. The quantitative estimate of drug-likeness (QED) is 0.848. The molecule has 27 heavy (non-hydrogen) atoms. The van der Waals surface area contributed by atoms with Gasteiger partial charge in [0.1, 0.15) is 0 Å². The maximum Gasteiger partial charge on any atom is 0.335 e. The minimum atomic E-state index is -3.42. The van der Waals surface area contributed by atoms with E-state index >= 15 is 0 Å². The normalized spacial score (nSPS) is 18.6. The SMILES string of the molecule is CN(C)S(=O)(=O)N1CCC[C@H](c2ccc(-c3cccc(C(=O)O)c3)cn2)C1. The van der Waals surface area contributed by atoms with Crippen LogP contribution in [0.25, 0.3) is 11.1 Å². The van der Waals surface area contributed by atoms with Crippen molar-refractivity contribution < 1.29 is 18.3 Å². The molecule has 1 saturated heterocycles. The molecule has 0 aliphatic carbocycles. The van der Waals surface area contributed by atoms with Gasteiger partial charge in [-0.15, -0.1) is 0 Å². The lowest BCUT2D eigenvalue weighted by molar-refractivity contribution is 0.0697. The van der Waals surface area contributed by atoms with Crippen LogP contribution < -0.4 is 0 Å². The topological polar surface area (TPSA) is 90.8 Å². The van der Waals surface area contributed by atoms with Crippen LogP contribution in [0.4, 0.5) is 0 Å². The number of rotatable bonds is 5. The second-order valence-electron chi connectivity index (χ2n) is 6.85. The summed E-state index contributed by atoms with van der Waals surface area (Å²) in [5.74, 6) is -0.918. The molecule has 1 aromatic heterocycles. The van der Waals surface area contributed by atoms with E-state index in [9.17, 15) is 13.2 Å². The highest BCUT2D eigenvalue weighted by Gasteiger charge is 2.31. The number of pyridine rings is 1. The molecule has 1 N–H and O–H groups in total. The maximum atomic E-state index is 12.4. The molecule has 1 fully saturated rings. The second kappa shape index (κ2) is 7.75. The Bertz CT molecular complexity index is 926. The third-order valence-corrected chi connectivity index (χ3v) is 6.73. The number of benzene rings is 1. The van der Waals surface area contributed by atoms with Crippen molar-refractivity contribution in [1.82, 2.24) is 13.6 Å². The third kappa shape index (κ3) is 4.18. The number of carboxylic acids is 1. The Kier molecular flexibility index (Phi) is 5.59. The van der Waals surface area contributed by atoms with Gasteiger partial charge in [-0.3, -0.25) is 4.98 Å². The maximum absolute atomic E-state index is 12.4. The molecule has 1 atom stereocenters. The van der Waals surface area contributed by atoms with E-state index in [1.165, 1.54) is 22.7 Å². The second-order valence-corrected chi connectivity index (χ2v) is 8.99. The van der Waals surface area contributed by atoms with E-state index in [2.05, 4.69) is 4.98 Å². The first-order chi connectivity index (χ1) is 12.8. The lowest BCUT2D eigenvalue weighted by Crippen LogP contribution is -2.45. The first kappa shape index (κ1) is 19.5. The number of carboxylic acid groups (broad SMARTS) is 1. The van der Waals surface area contributed by atoms with Crippen LogP contribution in [0.2, 0.25) is 0 Å². The number of hydrogen-bond acceptors (Lipinski definition) is 4. The molecule has 7 nitrogen and oxygen atoms in total. The van der Waals surface area contributed by atoms with E-state index in [-0.39, 0.29) is 11.5 Å². The molecule has 0 spiro atoms. The molecule has 0 saturated carbocycles. The zero-order valence-electron chi connectivity index (χ0n) is 15.4. The molecule has 144 valence electrons. The van der Waals surface area contributed by atoms with Crippen LogP contribution in [0, 0.1) is 0 Å². The summed E-state index contributed by atoms with van der Waals surface area (Å²) >= 11 is 0. The fourth-order valence-electron chi connectivity index (χ4n) is 3.27. The lowest BCUT2D eigenvalue weighted by Gasteiger charge is -2.33. The molecule has 1 aliphatic rings. The Morgan fingerprint density at radius 3 is 2.63 bits per heavy atom. The van der Waals surface area contributed by atoms with E-state index in [0.717, 1.165) is 29.7 Å². The first-order valence-electron chi connectivity index (χ1n) is 8.76. The van der Waals surface area contributed by atoms with E-state index < -0.39 is 16.2 Å². The van der Waals surface area contributed by atoms with Gasteiger partial charge in [-0.25, -0.2) is 4.79 Å². The summed E-state index contributed by atoms with van der Waals surface area (Å²) in [6.45, 7) is 0.943. The fraction of sp³-hybridized carbons (Fsp3) is 0.368. The summed E-state index contributed by atoms with van der Waals surface area (Å²) in [5.41, 5.74) is 2.70. The van der Waals surface area contributed by atoms with Crippen LogP contribution in [0.1, 0.15) is 34.8 Å². The van der Waals surface area contributed by atoms with Gasteiger partial charge in [0.25, 0.3) is 10.2 Å². The molecule has 0 bridgehead atoms. The summed E-state index contributed by atoms with van der Waals surface area (Å²) in [4.78, 5) is 15.7. The van der Waals surface area contributed by atoms with Gasteiger partial charge in [-0.05, 0) is 36.6 Å². The van der Waals surface area contributed by atoms with Crippen molar-refractivity contribution in [3.63, 3.8) is 0 Å². The number of nitrogens with zero attached hydrogens (tertiary/aromatic N) is 3. The van der Waals surface area contributed by atoms with E-state index in [1.54, 1.807) is 24.4 Å². The Morgan fingerprint density at radius 1 is 1.22 bits per heavy atom. The van der Waals surface area contributed by atoms with Gasteiger partial charge in [0.05, 0.1) is 5.56 Å². The van der Waals surface area contributed by atoms with Crippen molar-refractivity contribution in [3.05, 3.63) is 53.9 Å². The van der Waals surface area contributed by atoms with Crippen molar-refractivity contribution in [3.8, 4) is 11.1 Å². The fourth-order valence-corrected chi connectivity index (χ4v) is 4.46. The molecular weight excluding hydrogens is 366 g/mol. The number of aromatic carboxylic acids is 1. The van der Waals surface area contributed by atoms with Gasteiger partial charge in [0.2, 0.25) is 0 Å². The molecule has 8 heteroatoms. The van der Waals surface area contributed by atoms with Crippen LogP contribution in [-0.4, -0.2) is 60.3 Å². The van der Waals surface area contributed by atoms with Crippen molar-refractivity contribution in [1.29, 1.82) is 0 Å². The Hall–Kier alpha value is -2.29. The molecule has 1 aromatic carbocycles. The van der Waals surface area contributed by atoms with Gasteiger partial charge in [0, 0.05) is 50.6 Å². The Morgan fingerprint density at radius 2 is 2.00 bits per heavy atom. The summed E-state index contributed by atoms with van der Waals surface area (Å²) < 4.78 is 27.5. The minimum absolute atomic E-state index is 0.0490. The van der Waals surface area contributed by atoms with Gasteiger partial charge >= 0.3 is 5.97 Å². The molecule has 0 unspecified atom stereocenters. The number of hydrogen-bond donors (Lipinski definition) is 1. The highest BCUT2D eigenvalue weighted by Crippen LogP contribution is 2.29. The summed E-state index contributed by atoms with van der Waals surface area (Å²) in [5, 5.41) is 9.13. The average molecular weight is 389 g/mol. The molecule has 0 radical (unpaired) electrons. The van der Waals surface area contributed by atoms with Crippen LogP contribution in [0.3, 0.4) is 0 Å². The van der Waals surface area contributed by atoms with Gasteiger partial charge in [0.15, 0.2) is 0 Å². The van der Waals surface area contributed by atoms with Crippen molar-refractivity contribution in [2.45, 2.75) is 18.8 Å². The minimum Gasteiger partial charge on any atom is -0.478 e. The highest BCUT2D eigenvalue weighted by molar-refractivity contribution is 7.86. The summed E-state index contributed by atoms with van der Waals surface area (Å²) in [6.07, 6.45) is 3.40. The van der Waals surface area contributed by atoms with Gasteiger partial charge < -0.3 is 5.11 Å². The molecule has 2 aromatic rings. The Balaban J connectivity index is 1.79. The Labute approximate surface area is 159 Å².